The first kappa shape index (κ1) is 30.6. The molecule has 1 aliphatic heterocycles. The smallest absolute Gasteiger partial charge is 0.338 e. The van der Waals surface area contributed by atoms with Crippen LogP contribution in [-0.4, -0.2) is 35.4 Å². The monoisotopic (exact) mass is 632 g/mol. The number of rotatable bonds is 9. The van der Waals surface area contributed by atoms with Gasteiger partial charge in [0.05, 0.1) is 53.8 Å². The maximum Gasteiger partial charge on any atom is 0.338 e. The van der Waals surface area contributed by atoms with Gasteiger partial charge in [-0.25, -0.2) is 9.79 Å². The number of allylic oxidation sites excluding steroid dienone is 1. The first-order valence-electron chi connectivity index (χ1n) is 14.9. The predicted molar refractivity (Wildman–Crippen MR) is 177 cm³/mol. The Hall–Kier alpha value is -5.40. The summed E-state index contributed by atoms with van der Waals surface area (Å²) in [4.78, 5) is 32.8. The van der Waals surface area contributed by atoms with Gasteiger partial charge in [-0.3, -0.25) is 9.36 Å². The first-order chi connectivity index (χ1) is 22.4. The normalized spacial score (nSPS) is 14.5. The van der Waals surface area contributed by atoms with Crippen LogP contribution in [0.3, 0.4) is 0 Å². The number of fused-ring (bicyclic) bond motifs is 2. The van der Waals surface area contributed by atoms with E-state index in [1.165, 1.54) is 11.3 Å². The van der Waals surface area contributed by atoms with Gasteiger partial charge >= 0.3 is 5.97 Å². The Kier molecular flexibility index (Phi) is 8.59. The lowest BCUT2D eigenvalue weighted by molar-refractivity contribution is -0.139. The van der Waals surface area contributed by atoms with Crippen LogP contribution in [0.15, 0.2) is 94.0 Å². The van der Waals surface area contributed by atoms with Crippen molar-refractivity contribution in [3.05, 3.63) is 126 Å². The molecule has 3 heterocycles. The maximum absolute atomic E-state index is 14.3. The van der Waals surface area contributed by atoms with E-state index in [9.17, 15) is 14.9 Å². The van der Waals surface area contributed by atoms with E-state index < -0.39 is 12.0 Å². The molecule has 1 atom stereocenters. The molecule has 1 aliphatic rings. The molecule has 9 nitrogen and oxygen atoms in total. The van der Waals surface area contributed by atoms with Crippen molar-refractivity contribution < 1.29 is 19.0 Å². The van der Waals surface area contributed by atoms with Crippen LogP contribution in [0.2, 0.25) is 0 Å². The highest BCUT2D eigenvalue weighted by Gasteiger charge is 2.34. The van der Waals surface area contributed by atoms with Crippen molar-refractivity contribution in [3.63, 3.8) is 0 Å². The van der Waals surface area contributed by atoms with Crippen LogP contribution < -0.4 is 24.4 Å². The number of hydrogen-bond acceptors (Lipinski definition) is 8. The Morgan fingerprint density at radius 3 is 2.57 bits per heavy atom. The minimum Gasteiger partial charge on any atom is -0.493 e. The van der Waals surface area contributed by atoms with Crippen molar-refractivity contribution in [2.24, 2.45) is 4.99 Å². The highest BCUT2D eigenvalue weighted by molar-refractivity contribution is 7.07. The molecule has 10 heteroatoms. The van der Waals surface area contributed by atoms with Gasteiger partial charge in [0.1, 0.15) is 0 Å². The summed E-state index contributed by atoms with van der Waals surface area (Å²) in [5.41, 5.74) is 4.77. The van der Waals surface area contributed by atoms with E-state index in [0.717, 1.165) is 22.0 Å². The first-order valence-corrected chi connectivity index (χ1v) is 15.8. The van der Waals surface area contributed by atoms with E-state index in [0.29, 0.717) is 56.4 Å². The van der Waals surface area contributed by atoms with Crippen LogP contribution >= 0.6 is 11.3 Å². The lowest BCUT2D eigenvalue weighted by Gasteiger charge is -2.25. The Morgan fingerprint density at radius 2 is 1.85 bits per heavy atom. The van der Waals surface area contributed by atoms with Crippen molar-refractivity contribution in [1.29, 1.82) is 5.26 Å². The Morgan fingerprint density at radius 1 is 1.07 bits per heavy atom. The summed E-state index contributed by atoms with van der Waals surface area (Å²) < 4.78 is 21.0. The van der Waals surface area contributed by atoms with Gasteiger partial charge in [0.15, 0.2) is 16.3 Å². The topological polar surface area (TPSA) is 108 Å². The van der Waals surface area contributed by atoms with Gasteiger partial charge in [-0.1, -0.05) is 47.7 Å². The minimum atomic E-state index is -0.778. The molecule has 3 aromatic carbocycles. The summed E-state index contributed by atoms with van der Waals surface area (Å²) >= 11 is 1.28. The molecule has 0 saturated carbocycles. The Labute approximate surface area is 269 Å². The third-order valence-electron chi connectivity index (χ3n) is 7.86. The van der Waals surface area contributed by atoms with Gasteiger partial charge in [-0.15, -0.1) is 0 Å². The molecule has 0 radical (unpaired) electrons. The number of para-hydroxylation sites is 1. The molecule has 0 fully saturated rings. The average Bonchev–Trinajstić information content (AvgIpc) is 3.56. The van der Waals surface area contributed by atoms with E-state index in [1.54, 1.807) is 37.7 Å². The number of methoxy groups -OCH3 is 1. The molecule has 46 heavy (non-hydrogen) atoms. The SMILES string of the molecule is CCOC(=O)C1=C(C)N=c2s/c(=C\c3cn(Cc4ccc(C#N)cc4)c4ccccc34)c(=O)n2[C@@H]1c1ccc(OC)c(OCC)c1. The number of carbonyl (C=O) groups excluding carboxylic acids is 1. The van der Waals surface area contributed by atoms with Crippen LogP contribution in [0.25, 0.3) is 17.0 Å². The number of ether oxygens (including phenoxy) is 3. The molecule has 0 unspecified atom stereocenters. The summed E-state index contributed by atoms with van der Waals surface area (Å²) in [6.45, 7) is 6.59. The Bertz CT molecular complexity index is 2220. The highest BCUT2D eigenvalue weighted by atomic mass is 32.1. The second-order valence-electron chi connectivity index (χ2n) is 10.7. The molecule has 0 saturated heterocycles. The predicted octanol–water partition coefficient (Wildman–Crippen LogP) is 5.08. The minimum absolute atomic E-state index is 0.187. The summed E-state index contributed by atoms with van der Waals surface area (Å²) in [6.07, 6.45) is 3.92. The number of aromatic nitrogens is 2. The fourth-order valence-electron chi connectivity index (χ4n) is 5.78. The molecule has 2 aromatic heterocycles. The largest absolute Gasteiger partial charge is 0.493 e. The van der Waals surface area contributed by atoms with Crippen molar-refractivity contribution in [3.8, 4) is 17.6 Å². The zero-order valence-electron chi connectivity index (χ0n) is 25.9. The zero-order chi connectivity index (χ0) is 32.4. The van der Waals surface area contributed by atoms with E-state index in [2.05, 4.69) is 10.6 Å². The second kappa shape index (κ2) is 12.9. The van der Waals surface area contributed by atoms with Gasteiger partial charge in [-0.2, -0.15) is 5.26 Å². The highest BCUT2D eigenvalue weighted by Crippen LogP contribution is 2.36. The van der Waals surface area contributed by atoms with Crippen molar-refractivity contribution >= 4 is 34.3 Å². The molecule has 0 N–H and O–H groups in total. The maximum atomic E-state index is 14.3. The molecule has 5 aromatic rings. The van der Waals surface area contributed by atoms with Gasteiger partial charge < -0.3 is 18.8 Å². The number of benzene rings is 3. The number of nitrogens with zero attached hydrogens (tertiary/aromatic N) is 4. The van der Waals surface area contributed by atoms with E-state index >= 15 is 0 Å². The molecule has 0 spiro atoms. The molecular weight excluding hydrogens is 600 g/mol. The van der Waals surface area contributed by atoms with Gasteiger partial charge in [0.2, 0.25) is 0 Å². The summed E-state index contributed by atoms with van der Waals surface area (Å²) in [5.74, 6) is 0.536. The molecule has 0 bridgehead atoms. The van der Waals surface area contributed by atoms with Crippen LogP contribution in [0.5, 0.6) is 11.5 Å². The molecular formula is C36H32N4O5S. The molecule has 0 amide bonds. The second-order valence-corrected chi connectivity index (χ2v) is 11.7. The van der Waals surface area contributed by atoms with Gasteiger partial charge in [0, 0.05) is 29.2 Å². The fourth-order valence-corrected chi connectivity index (χ4v) is 6.82. The van der Waals surface area contributed by atoms with Crippen molar-refractivity contribution in [1.82, 2.24) is 9.13 Å². The van der Waals surface area contributed by atoms with Crippen LogP contribution in [0, 0.1) is 11.3 Å². The number of esters is 1. The quantitative estimate of drug-likeness (QED) is 0.210. The van der Waals surface area contributed by atoms with E-state index in [1.807, 2.05) is 73.8 Å². The van der Waals surface area contributed by atoms with Crippen LogP contribution in [0.1, 0.15) is 49.1 Å². The Balaban J connectivity index is 1.50. The fraction of sp³-hybridized carbons (Fsp3) is 0.222. The molecule has 6 rings (SSSR count). The average molecular weight is 633 g/mol. The number of nitriles is 1. The van der Waals surface area contributed by atoms with Gasteiger partial charge in [0.25, 0.3) is 5.56 Å². The standard InChI is InChI=1S/C36H32N4O5S/c1-5-44-30-17-25(15-16-29(30)43-4)33-32(35(42)45-6-2)22(3)38-36-40(33)34(41)31(46-36)18-26-21-39(28-10-8-7-9-27(26)28)20-24-13-11-23(19-37)12-14-24/h7-18,21,33H,5-6,20H2,1-4H3/b31-18-/t33-/m1/s1. The summed E-state index contributed by atoms with van der Waals surface area (Å²) in [5, 5.41) is 10.2. The van der Waals surface area contributed by atoms with Crippen molar-refractivity contribution in [2.45, 2.75) is 33.4 Å². The number of carbonyl (C=O) groups is 1. The van der Waals surface area contributed by atoms with Crippen LogP contribution in [-0.2, 0) is 16.1 Å². The summed E-state index contributed by atoms with van der Waals surface area (Å²) in [7, 11) is 1.57. The lowest BCUT2D eigenvalue weighted by Crippen LogP contribution is -2.40. The third kappa shape index (κ3) is 5.61. The van der Waals surface area contributed by atoms with Crippen molar-refractivity contribution in [2.75, 3.05) is 20.3 Å². The number of hydrogen-bond donors (Lipinski definition) is 0. The summed E-state index contributed by atoms with van der Waals surface area (Å²) in [6, 6.07) is 22.4. The van der Waals surface area contributed by atoms with Crippen LogP contribution in [0.4, 0.5) is 0 Å². The van der Waals surface area contributed by atoms with E-state index in [4.69, 9.17) is 19.2 Å². The molecule has 232 valence electrons. The van der Waals surface area contributed by atoms with E-state index in [-0.39, 0.29) is 12.2 Å². The zero-order valence-corrected chi connectivity index (χ0v) is 26.8. The number of thiazole rings is 1. The third-order valence-corrected chi connectivity index (χ3v) is 8.85. The van der Waals surface area contributed by atoms with Gasteiger partial charge in [-0.05, 0) is 68.3 Å². The molecule has 0 aliphatic carbocycles. The lowest BCUT2D eigenvalue weighted by atomic mass is 9.95.